The second kappa shape index (κ2) is 6.16. The summed E-state index contributed by atoms with van der Waals surface area (Å²) in [6.07, 6.45) is 11.6. The second-order valence-electron chi connectivity index (χ2n) is 7.29. The molecule has 7 nitrogen and oxygen atoms in total. The van der Waals surface area contributed by atoms with E-state index in [4.69, 9.17) is 0 Å². The minimum absolute atomic E-state index is 0.312. The van der Waals surface area contributed by atoms with Crippen molar-refractivity contribution in [2.24, 2.45) is 5.92 Å². The van der Waals surface area contributed by atoms with E-state index >= 15 is 0 Å². The van der Waals surface area contributed by atoms with Crippen LogP contribution in [0.25, 0.3) is 22.2 Å². The van der Waals surface area contributed by atoms with E-state index in [0.717, 1.165) is 66.6 Å². The van der Waals surface area contributed by atoms with Crippen molar-refractivity contribution < 1.29 is 4.79 Å². The number of piperidine rings is 1. The van der Waals surface area contributed by atoms with E-state index in [1.807, 2.05) is 29.7 Å². The molecular weight excluding hydrogens is 328 g/mol. The fourth-order valence-corrected chi connectivity index (χ4v) is 3.82. The summed E-state index contributed by atoms with van der Waals surface area (Å²) in [6.45, 7) is 1.69. The Labute approximate surface area is 151 Å². The first-order valence-electron chi connectivity index (χ1n) is 9.30. The summed E-state index contributed by atoms with van der Waals surface area (Å²) in [7, 11) is 0. The van der Waals surface area contributed by atoms with Gasteiger partial charge in [-0.1, -0.05) is 0 Å². The number of pyridine rings is 1. The molecule has 3 N–H and O–H groups in total. The van der Waals surface area contributed by atoms with E-state index in [1.54, 1.807) is 0 Å². The van der Waals surface area contributed by atoms with Crippen LogP contribution in [0.5, 0.6) is 0 Å². The smallest absolute Gasteiger partial charge is 0.225 e. The van der Waals surface area contributed by atoms with Crippen LogP contribution >= 0.6 is 0 Å². The van der Waals surface area contributed by atoms with Crippen LogP contribution in [-0.4, -0.2) is 50.1 Å². The summed E-state index contributed by atoms with van der Waals surface area (Å²) >= 11 is 0. The number of fused-ring (bicyclic) bond motifs is 1. The second-order valence-corrected chi connectivity index (χ2v) is 7.29. The van der Waals surface area contributed by atoms with E-state index < -0.39 is 0 Å². The Kier molecular flexibility index (Phi) is 3.65. The third-order valence-electron chi connectivity index (χ3n) is 5.48. The zero-order valence-corrected chi connectivity index (χ0v) is 14.5. The van der Waals surface area contributed by atoms with Crippen molar-refractivity contribution in [3.8, 4) is 11.1 Å². The number of nitrogens with one attached hydrogen (secondary N) is 3. The number of hydrogen-bond acceptors (Lipinski definition) is 4. The third-order valence-corrected chi connectivity index (χ3v) is 5.48. The minimum Gasteiger partial charge on any atom is -0.381 e. The average Bonchev–Trinajstić information content (AvgIpc) is 3.17. The van der Waals surface area contributed by atoms with Gasteiger partial charge in [0, 0.05) is 60.2 Å². The molecule has 0 spiro atoms. The number of aromatic amines is 2. The summed E-state index contributed by atoms with van der Waals surface area (Å²) in [5.41, 5.74) is 4.03. The van der Waals surface area contributed by atoms with Gasteiger partial charge >= 0.3 is 0 Å². The van der Waals surface area contributed by atoms with Crippen molar-refractivity contribution in [1.82, 2.24) is 25.1 Å². The van der Waals surface area contributed by atoms with Gasteiger partial charge in [0.1, 0.15) is 5.65 Å². The fraction of sp³-hybridized carbons (Fsp3) is 0.421. The lowest BCUT2D eigenvalue weighted by Crippen LogP contribution is -2.43. The van der Waals surface area contributed by atoms with E-state index in [2.05, 4.69) is 31.5 Å². The van der Waals surface area contributed by atoms with Crippen LogP contribution in [0.15, 0.2) is 30.9 Å². The van der Waals surface area contributed by atoms with E-state index in [9.17, 15) is 4.79 Å². The predicted octanol–water partition coefficient (Wildman–Crippen LogP) is 2.77. The zero-order chi connectivity index (χ0) is 17.5. The van der Waals surface area contributed by atoms with Crippen LogP contribution < -0.4 is 5.32 Å². The molecule has 1 amide bonds. The molecule has 134 valence electrons. The van der Waals surface area contributed by atoms with Gasteiger partial charge in [-0.3, -0.25) is 9.89 Å². The molecule has 1 saturated heterocycles. The zero-order valence-electron chi connectivity index (χ0n) is 14.5. The molecule has 0 atom stereocenters. The third kappa shape index (κ3) is 2.73. The summed E-state index contributed by atoms with van der Waals surface area (Å²) in [6, 6.07) is 2.41. The van der Waals surface area contributed by atoms with E-state index in [0.29, 0.717) is 17.9 Å². The molecule has 1 aliphatic heterocycles. The number of carbonyl (C=O) groups is 1. The van der Waals surface area contributed by atoms with Crippen LogP contribution in [0.3, 0.4) is 0 Å². The number of carbonyl (C=O) groups excluding carboxylic acids is 1. The molecule has 0 radical (unpaired) electrons. The number of aromatic nitrogens is 4. The topological polar surface area (TPSA) is 89.7 Å². The highest BCUT2D eigenvalue weighted by atomic mass is 16.2. The Balaban J connectivity index is 1.38. The first-order valence-corrected chi connectivity index (χ1v) is 9.30. The maximum atomic E-state index is 12.3. The van der Waals surface area contributed by atoms with Crippen LogP contribution in [0.4, 0.5) is 5.69 Å². The van der Waals surface area contributed by atoms with Crippen LogP contribution in [0.2, 0.25) is 0 Å². The van der Waals surface area contributed by atoms with Crippen LogP contribution in [0, 0.1) is 5.92 Å². The molecule has 3 aromatic rings. The monoisotopic (exact) mass is 350 g/mol. The van der Waals surface area contributed by atoms with Gasteiger partial charge in [0.05, 0.1) is 11.9 Å². The lowest BCUT2D eigenvalue weighted by molar-refractivity contribution is -0.133. The number of hydrogen-bond donors (Lipinski definition) is 3. The maximum absolute atomic E-state index is 12.3. The maximum Gasteiger partial charge on any atom is 0.225 e. The Hall–Kier alpha value is -2.83. The number of rotatable bonds is 4. The molecule has 1 aliphatic carbocycles. The molecule has 7 heteroatoms. The van der Waals surface area contributed by atoms with Crippen molar-refractivity contribution in [1.29, 1.82) is 0 Å². The van der Waals surface area contributed by atoms with Gasteiger partial charge in [-0.05, 0) is 31.7 Å². The quantitative estimate of drug-likeness (QED) is 0.675. The number of likely N-dealkylation sites (tertiary alicyclic amines) is 1. The first kappa shape index (κ1) is 15.4. The van der Waals surface area contributed by atoms with Crippen LogP contribution in [0.1, 0.15) is 25.7 Å². The Morgan fingerprint density at radius 1 is 1.19 bits per heavy atom. The van der Waals surface area contributed by atoms with E-state index in [1.165, 1.54) is 0 Å². The fourth-order valence-electron chi connectivity index (χ4n) is 3.82. The summed E-state index contributed by atoms with van der Waals surface area (Å²) in [4.78, 5) is 22.0. The molecule has 0 bridgehead atoms. The van der Waals surface area contributed by atoms with Gasteiger partial charge in [0.15, 0.2) is 0 Å². The molecule has 4 heterocycles. The van der Waals surface area contributed by atoms with Gasteiger partial charge in [0.25, 0.3) is 0 Å². The predicted molar refractivity (Wildman–Crippen MR) is 99.6 cm³/mol. The van der Waals surface area contributed by atoms with Crippen molar-refractivity contribution in [2.75, 3.05) is 18.4 Å². The molecule has 1 saturated carbocycles. The SMILES string of the molecule is O=C(C1CC1)N1CCC(Nc2c(-c3cn[nH]c3)cnc3[nH]ccc23)CC1. The van der Waals surface area contributed by atoms with Crippen molar-refractivity contribution in [3.63, 3.8) is 0 Å². The standard InChI is InChI=1S/C19H22N6O/c26-19(12-1-2-12)25-7-4-14(5-8-25)24-17-15-3-6-20-18(15)21-11-16(17)13-9-22-23-10-13/h3,6,9-12,14H,1-2,4-5,7-8H2,(H,22,23)(H2,20,21,24). The molecule has 2 fully saturated rings. The molecule has 2 aliphatic rings. The number of anilines is 1. The lowest BCUT2D eigenvalue weighted by atomic mass is 10.0. The molecule has 3 aromatic heterocycles. The lowest BCUT2D eigenvalue weighted by Gasteiger charge is -2.33. The van der Waals surface area contributed by atoms with Gasteiger partial charge in [0.2, 0.25) is 5.91 Å². The minimum atomic E-state index is 0.312. The van der Waals surface area contributed by atoms with E-state index in [-0.39, 0.29) is 0 Å². The Morgan fingerprint density at radius 3 is 2.77 bits per heavy atom. The van der Waals surface area contributed by atoms with Crippen molar-refractivity contribution in [3.05, 3.63) is 30.9 Å². The Bertz CT molecular complexity index is 919. The summed E-state index contributed by atoms with van der Waals surface area (Å²) in [5.74, 6) is 0.673. The van der Waals surface area contributed by atoms with Crippen molar-refractivity contribution >= 4 is 22.6 Å². The van der Waals surface area contributed by atoms with Gasteiger partial charge < -0.3 is 15.2 Å². The van der Waals surface area contributed by atoms with Crippen LogP contribution in [-0.2, 0) is 4.79 Å². The molecule has 0 unspecified atom stereocenters. The number of amides is 1. The Morgan fingerprint density at radius 2 is 2.04 bits per heavy atom. The highest BCUT2D eigenvalue weighted by molar-refractivity contribution is 5.98. The largest absolute Gasteiger partial charge is 0.381 e. The average molecular weight is 350 g/mol. The first-order chi connectivity index (χ1) is 12.8. The molecule has 0 aromatic carbocycles. The van der Waals surface area contributed by atoms with Crippen molar-refractivity contribution in [2.45, 2.75) is 31.7 Å². The number of H-pyrrole nitrogens is 2. The summed E-state index contributed by atoms with van der Waals surface area (Å²) in [5, 5.41) is 11.8. The molecule has 26 heavy (non-hydrogen) atoms. The normalized spacial score (nSPS) is 18.4. The highest BCUT2D eigenvalue weighted by Gasteiger charge is 2.35. The highest BCUT2D eigenvalue weighted by Crippen LogP contribution is 2.35. The van der Waals surface area contributed by atoms with Gasteiger partial charge in [-0.2, -0.15) is 5.10 Å². The van der Waals surface area contributed by atoms with Gasteiger partial charge in [-0.25, -0.2) is 4.98 Å². The summed E-state index contributed by atoms with van der Waals surface area (Å²) < 4.78 is 0. The number of nitrogens with zero attached hydrogens (tertiary/aromatic N) is 3. The molecular formula is C19H22N6O. The van der Waals surface area contributed by atoms with Gasteiger partial charge in [-0.15, -0.1) is 0 Å². The molecule has 5 rings (SSSR count).